The van der Waals surface area contributed by atoms with Crippen molar-refractivity contribution in [3.63, 3.8) is 0 Å². The van der Waals surface area contributed by atoms with Crippen LogP contribution >= 0.6 is 0 Å². The summed E-state index contributed by atoms with van der Waals surface area (Å²) in [5.74, 6) is -0.00327. The number of hydrogen-bond acceptors (Lipinski definition) is 3. The van der Waals surface area contributed by atoms with Crippen molar-refractivity contribution in [3.05, 3.63) is 47.3 Å². The topological polar surface area (TPSA) is 58.4 Å². The van der Waals surface area contributed by atoms with E-state index in [0.717, 1.165) is 36.5 Å². The zero-order valence-corrected chi connectivity index (χ0v) is 13.0. The van der Waals surface area contributed by atoms with Crippen LogP contribution in [0.5, 0.6) is 0 Å². The second-order valence-electron chi connectivity index (χ2n) is 5.86. The molecular formula is C17H21N3O2. The van der Waals surface area contributed by atoms with Crippen LogP contribution in [-0.2, 0) is 0 Å². The first-order valence-corrected chi connectivity index (χ1v) is 7.65. The fourth-order valence-electron chi connectivity index (χ4n) is 3.09. The quantitative estimate of drug-likeness (QED) is 0.944. The Morgan fingerprint density at radius 2 is 2.05 bits per heavy atom. The van der Waals surface area contributed by atoms with Gasteiger partial charge in [-0.3, -0.25) is 4.79 Å². The van der Waals surface area contributed by atoms with E-state index < -0.39 is 0 Å². The van der Waals surface area contributed by atoms with Crippen LogP contribution < -0.4 is 0 Å². The van der Waals surface area contributed by atoms with Gasteiger partial charge in [-0.15, -0.1) is 0 Å². The summed E-state index contributed by atoms with van der Waals surface area (Å²) >= 11 is 0. The van der Waals surface area contributed by atoms with Crippen molar-refractivity contribution in [2.24, 2.45) is 0 Å². The van der Waals surface area contributed by atoms with Crippen molar-refractivity contribution in [1.29, 1.82) is 0 Å². The molecule has 1 saturated heterocycles. The Balaban J connectivity index is 1.82. The number of aromatic nitrogens is 2. The fourth-order valence-corrected chi connectivity index (χ4v) is 3.09. The third kappa shape index (κ3) is 2.64. The molecular weight excluding hydrogens is 278 g/mol. The third-order valence-electron chi connectivity index (χ3n) is 4.22. The average molecular weight is 299 g/mol. The number of aryl methyl sites for hydroxylation is 2. The first-order chi connectivity index (χ1) is 10.6. The second kappa shape index (κ2) is 5.93. The molecule has 1 aromatic carbocycles. The van der Waals surface area contributed by atoms with Gasteiger partial charge in [0.05, 0.1) is 24.0 Å². The lowest BCUT2D eigenvalue weighted by atomic mass is 10.1. The van der Waals surface area contributed by atoms with Gasteiger partial charge in [0.2, 0.25) is 0 Å². The van der Waals surface area contributed by atoms with Crippen LogP contribution in [0.2, 0.25) is 0 Å². The standard InChI is InChI=1S/C17H21N3O2/c1-12-10-13(2)20(18-12)15-7-5-14(6-8-15)17(22)19-9-3-4-16(19)11-21/h5-8,10,16,21H,3-4,9,11H2,1-2H3/t16-/m1/s1. The highest BCUT2D eigenvalue weighted by atomic mass is 16.3. The summed E-state index contributed by atoms with van der Waals surface area (Å²) in [6.45, 7) is 4.73. The van der Waals surface area contributed by atoms with Crippen molar-refractivity contribution in [3.8, 4) is 5.69 Å². The Hall–Kier alpha value is -2.14. The van der Waals surface area contributed by atoms with Gasteiger partial charge in [-0.2, -0.15) is 5.10 Å². The van der Waals surface area contributed by atoms with E-state index >= 15 is 0 Å². The Kier molecular flexibility index (Phi) is 3.98. The van der Waals surface area contributed by atoms with E-state index in [0.29, 0.717) is 5.56 Å². The number of carbonyl (C=O) groups is 1. The maximum Gasteiger partial charge on any atom is 0.254 e. The zero-order valence-electron chi connectivity index (χ0n) is 13.0. The first-order valence-electron chi connectivity index (χ1n) is 7.65. The van der Waals surface area contributed by atoms with Gasteiger partial charge in [-0.05, 0) is 57.0 Å². The molecule has 2 heterocycles. The largest absolute Gasteiger partial charge is 0.394 e. The van der Waals surface area contributed by atoms with Crippen LogP contribution in [0, 0.1) is 13.8 Å². The van der Waals surface area contributed by atoms with Gasteiger partial charge in [-0.25, -0.2) is 4.68 Å². The lowest BCUT2D eigenvalue weighted by molar-refractivity contribution is 0.0677. The molecule has 0 spiro atoms. The Labute approximate surface area is 130 Å². The fraction of sp³-hybridized carbons (Fsp3) is 0.412. The number of rotatable bonds is 3. The molecule has 22 heavy (non-hydrogen) atoms. The van der Waals surface area contributed by atoms with Crippen LogP contribution in [0.15, 0.2) is 30.3 Å². The first kappa shape index (κ1) is 14.8. The van der Waals surface area contributed by atoms with Crippen LogP contribution in [-0.4, -0.2) is 44.9 Å². The van der Waals surface area contributed by atoms with Crippen molar-refractivity contribution in [1.82, 2.24) is 14.7 Å². The van der Waals surface area contributed by atoms with Crippen molar-refractivity contribution in [2.45, 2.75) is 32.7 Å². The van der Waals surface area contributed by atoms with Gasteiger partial charge < -0.3 is 10.0 Å². The number of benzene rings is 1. The number of aliphatic hydroxyl groups excluding tert-OH is 1. The molecule has 116 valence electrons. The number of nitrogens with zero attached hydrogens (tertiary/aromatic N) is 3. The summed E-state index contributed by atoms with van der Waals surface area (Å²) in [6.07, 6.45) is 1.84. The molecule has 1 N–H and O–H groups in total. The zero-order chi connectivity index (χ0) is 15.7. The number of likely N-dealkylation sites (tertiary alicyclic amines) is 1. The van der Waals surface area contributed by atoms with Crippen molar-refractivity contribution in [2.75, 3.05) is 13.2 Å². The van der Waals surface area contributed by atoms with E-state index in [4.69, 9.17) is 0 Å². The summed E-state index contributed by atoms with van der Waals surface area (Å²) in [6, 6.07) is 9.48. The summed E-state index contributed by atoms with van der Waals surface area (Å²) in [5, 5.41) is 13.8. The van der Waals surface area contributed by atoms with Gasteiger partial charge in [-0.1, -0.05) is 0 Å². The van der Waals surface area contributed by atoms with Crippen LogP contribution in [0.1, 0.15) is 34.6 Å². The van der Waals surface area contributed by atoms with E-state index in [9.17, 15) is 9.90 Å². The SMILES string of the molecule is Cc1cc(C)n(-c2ccc(C(=O)N3CCC[C@@H]3CO)cc2)n1. The minimum atomic E-state index is -0.0387. The summed E-state index contributed by atoms with van der Waals surface area (Å²) in [4.78, 5) is 14.3. The van der Waals surface area contributed by atoms with E-state index in [1.54, 1.807) is 4.90 Å². The van der Waals surface area contributed by atoms with Gasteiger partial charge in [0.15, 0.2) is 0 Å². The number of amides is 1. The van der Waals surface area contributed by atoms with E-state index in [2.05, 4.69) is 5.10 Å². The lowest BCUT2D eigenvalue weighted by Crippen LogP contribution is -2.37. The van der Waals surface area contributed by atoms with Gasteiger partial charge >= 0.3 is 0 Å². The molecule has 2 aromatic rings. The minimum absolute atomic E-state index is 0.00327. The van der Waals surface area contributed by atoms with Crippen molar-refractivity contribution >= 4 is 5.91 Å². The van der Waals surface area contributed by atoms with Crippen LogP contribution in [0.3, 0.4) is 0 Å². The third-order valence-corrected chi connectivity index (χ3v) is 4.22. The molecule has 5 nitrogen and oxygen atoms in total. The molecule has 1 aliphatic rings. The van der Waals surface area contributed by atoms with Gasteiger partial charge in [0.25, 0.3) is 5.91 Å². The lowest BCUT2D eigenvalue weighted by Gasteiger charge is -2.23. The molecule has 0 radical (unpaired) electrons. The molecule has 0 bridgehead atoms. The number of carbonyl (C=O) groups excluding carboxylic acids is 1. The van der Waals surface area contributed by atoms with E-state index in [-0.39, 0.29) is 18.6 Å². The molecule has 0 saturated carbocycles. The second-order valence-corrected chi connectivity index (χ2v) is 5.86. The minimum Gasteiger partial charge on any atom is -0.394 e. The predicted molar refractivity (Wildman–Crippen MR) is 84.2 cm³/mol. The normalized spacial score (nSPS) is 18.0. The number of aliphatic hydroxyl groups is 1. The average Bonchev–Trinajstić information content (AvgIpc) is 3.12. The summed E-state index contributed by atoms with van der Waals surface area (Å²) in [7, 11) is 0. The smallest absolute Gasteiger partial charge is 0.254 e. The highest BCUT2D eigenvalue weighted by molar-refractivity contribution is 5.94. The number of hydrogen-bond donors (Lipinski definition) is 1. The molecule has 5 heteroatoms. The summed E-state index contributed by atoms with van der Waals surface area (Å²) < 4.78 is 1.87. The summed E-state index contributed by atoms with van der Waals surface area (Å²) in [5.41, 5.74) is 3.64. The highest BCUT2D eigenvalue weighted by Gasteiger charge is 2.28. The maximum absolute atomic E-state index is 12.5. The molecule has 0 unspecified atom stereocenters. The highest BCUT2D eigenvalue weighted by Crippen LogP contribution is 2.20. The monoisotopic (exact) mass is 299 g/mol. The Bertz CT molecular complexity index is 676. The maximum atomic E-state index is 12.5. The molecule has 1 atom stereocenters. The van der Waals surface area contributed by atoms with Gasteiger partial charge in [0, 0.05) is 17.8 Å². The molecule has 1 aromatic heterocycles. The molecule has 1 amide bonds. The molecule has 3 rings (SSSR count). The molecule has 1 aliphatic heterocycles. The van der Waals surface area contributed by atoms with E-state index in [1.165, 1.54) is 0 Å². The Morgan fingerprint density at radius 3 is 2.64 bits per heavy atom. The van der Waals surface area contributed by atoms with Crippen LogP contribution in [0.4, 0.5) is 0 Å². The molecule has 1 fully saturated rings. The van der Waals surface area contributed by atoms with Crippen LogP contribution in [0.25, 0.3) is 5.69 Å². The van der Waals surface area contributed by atoms with Gasteiger partial charge in [0.1, 0.15) is 0 Å². The van der Waals surface area contributed by atoms with E-state index in [1.807, 2.05) is 48.9 Å². The molecule has 0 aliphatic carbocycles. The predicted octanol–water partition coefficient (Wildman–Crippen LogP) is 2.09. The van der Waals surface area contributed by atoms with Crippen molar-refractivity contribution < 1.29 is 9.90 Å². The Morgan fingerprint density at radius 1 is 1.32 bits per heavy atom.